The van der Waals surface area contributed by atoms with Gasteiger partial charge in [-0.2, -0.15) is 0 Å². The zero-order valence-corrected chi connectivity index (χ0v) is 16.0. The first kappa shape index (κ1) is 18.7. The lowest BCUT2D eigenvalue weighted by Gasteiger charge is -2.14. The lowest BCUT2D eigenvalue weighted by atomic mass is 10.2. The van der Waals surface area contributed by atoms with Crippen molar-refractivity contribution in [3.63, 3.8) is 0 Å². The topological polar surface area (TPSA) is 81.0 Å². The summed E-state index contributed by atoms with van der Waals surface area (Å²) in [5, 5.41) is 6.20. The SMILES string of the molecule is Cc1c(NC(C)C(=O)Nc2ccc(Cl)cn2)c(=O)n(-c2ccccc2)n1C. The van der Waals surface area contributed by atoms with Gasteiger partial charge in [0.2, 0.25) is 5.91 Å². The molecule has 3 aromatic rings. The maximum Gasteiger partial charge on any atom is 0.295 e. The van der Waals surface area contributed by atoms with Gasteiger partial charge >= 0.3 is 0 Å². The van der Waals surface area contributed by atoms with E-state index in [0.717, 1.165) is 11.4 Å². The van der Waals surface area contributed by atoms with Crippen molar-refractivity contribution in [3.05, 3.63) is 69.7 Å². The maximum absolute atomic E-state index is 12.9. The molecule has 3 rings (SSSR count). The van der Waals surface area contributed by atoms with Crippen LogP contribution in [0.5, 0.6) is 0 Å². The van der Waals surface area contributed by atoms with E-state index >= 15 is 0 Å². The fraction of sp³-hybridized carbons (Fsp3) is 0.211. The van der Waals surface area contributed by atoms with Crippen LogP contribution in [0, 0.1) is 6.92 Å². The highest BCUT2D eigenvalue weighted by Crippen LogP contribution is 2.15. The first-order valence-corrected chi connectivity index (χ1v) is 8.79. The molecule has 0 saturated heterocycles. The average Bonchev–Trinajstić information content (AvgIpc) is 2.87. The van der Waals surface area contributed by atoms with Crippen molar-refractivity contribution in [1.29, 1.82) is 0 Å². The molecular weight excluding hydrogens is 366 g/mol. The molecule has 8 heteroatoms. The molecule has 0 aliphatic heterocycles. The first-order chi connectivity index (χ1) is 12.9. The number of amides is 1. The Morgan fingerprint density at radius 3 is 2.52 bits per heavy atom. The third-order valence-electron chi connectivity index (χ3n) is 4.29. The number of carbonyl (C=O) groups is 1. The fourth-order valence-electron chi connectivity index (χ4n) is 2.70. The number of halogens is 1. The molecule has 7 nitrogen and oxygen atoms in total. The van der Waals surface area contributed by atoms with Crippen LogP contribution in [0.3, 0.4) is 0 Å². The van der Waals surface area contributed by atoms with E-state index in [1.807, 2.05) is 37.3 Å². The fourth-order valence-corrected chi connectivity index (χ4v) is 2.81. The highest BCUT2D eigenvalue weighted by atomic mass is 35.5. The molecule has 0 aliphatic carbocycles. The molecule has 0 bridgehead atoms. The highest BCUT2D eigenvalue weighted by molar-refractivity contribution is 6.30. The van der Waals surface area contributed by atoms with Crippen molar-refractivity contribution in [1.82, 2.24) is 14.3 Å². The molecule has 2 N–H and O–H groups in total. The third kappa shape index (κ3) is 3.88. The maximum atomic E-state index is 12.9. The Balaban J connectivity index is 1.82. The van der Waals surface area contributed by atoms with Gasteiger partial charge in [0, 0.05) is 13.2 Å². The van der Waals surface area contributed by atoms with E-state index in [2.05, 4.69) is 15.6 Å². The molecule has 2 aromatic heterocycles. The molecular formula is C19H20ClN5O2. The number of para-hydroxylation sites is 1. The molecule has 0 radical (unpaired) electrons. The minimum absolute atomic E-state index is 0.217. The highest BCUT2D eigenvalue weighted by Gasteiger charge is 2.21. The number of aromatic nitrogens is 3. The van der Waals surface area contributed by atoms with Crippen LogP contribution >= 0.6 is 11.6 Å². The second-order valence-corrected chi connectivity index (χ2v) is 6.59. The van der Waals surface area contributed by atoms with Crippen LogP contribution in [0.2, 0.25) is 5.02 Å². The van der Waals surface area contributed by atoms with Crippen molar-refractivity contribution >= 4 is 29.0 Å². The number of nitrogens with zero attached hydrogens (tertiary/aromatic N) is 3. The molecule has 1 unspecified atom stereocenters. The van der Waals surface area contributed by atoms with Gasteiger partial charge in [-0.05, 0) is 38.1 Å². The van der Waals surface area contributed by atoms with E-state index in [-0.39, 0.29) is 11.5 Å². The van der Waals surface area contributed by atoms with E-state index in [4.69, 9.17) is 11.6 Å². The monoisotopic (exact) mass is 385 g/mol. The van der Waals surface area contributed by atoms with Crippen LogP contribution in [-0.2, 0) is 11.8 Å². The van der Waals surface area contributed by atoms with Crippen molar-refractivity contribution < 1.29 is 4.79 Å². The number of carbonyl (C=O) groups excluding carboxylic acids is 1. The second-order valence-electron chi connectivity index (χ2n) is 6.15. The Labute approximate surface area is 161 Å². The number of hydrogen-bond donors (Lipinski definition) is 2. The number of pyridine rings is 1. The summed E-state index contributed by atoms with van der Waals surface area (Å²) >= 11 is 5.79. The second kappa shape index (κ2) is 7.67. The normalized spacial score (nSPS) is 11.9. The molecule has 0 aliphatic rings. The van der Waals surface area contributed by atoms with Gasteiger partial charge in [-0.15, -0.1) is 0 Å². The average molecular weight is 386 g/mol. The summed E-state index contributed by atoms with van der Waals surface area (Å²) in [5.74, 6) is 0.0864. The smallest absolute Gasteiger partial charge is 0.295 e. The Morgan fingerprint density at radius 2 is 1.89 bits per heavy atom. The van der Waals surface area contributed by atoms with Crippen LogP contribution in [-0.4, -0.2) is 26.3 Å². The quantitative estimate of drug-likeness (QED) is 0.707. The predicted octanol–water partition coefficient (Wildman–Crippen LogP) is 2.97. The van der Waals surface area contributed by atoms with Crippen molar-refractivity contribution in [2.24, 2.45) is 7.05 Å². The molecule has 27 heavy (non-hydrogen) atoms. The summed E-state index contributed by atoms with van der Waals surface area (Å²) < 4.78 is 3.31. The van der Waals surface area contributed by atoms with E-state index in [9.17, 15) is 9.59 Å². The zero-order valence-electron chi connectivity index (χ0n) is 15.2. The minimum atomic E-state index is -0.638. The number of rotatable bonds is 5. The molecule has 140 valence electrons. The van der Waals surface area contributed by atoms with Crippen LogP contribution in [0.4, 0.5) is 11.5 Å². The third-order valence-corrected chi connectivity index (χ3v) is 4.51. The molecule has 1 amide bonds. The molecule has 2 heterocycles. The van der Waals surface area contributed by atoms with Gasteiger partial charge in [-0.25, -0.2) is 9.67 Å². The van der Waals surface area contributed by atoms with Crippen LogP contribution in [0.15, 0.2) is 53.5 Å². The van der Waals surface area contributed by atoms with Crippen LogP contribution < -0.4 is 16.2 Å². The molecule has 0 fully saturated rings. The molecule has 1 atom stereocenters. The van der Waals surface area contributed by atoms with Gasteiger partial charge in [-0.3, -0.25) is 14.3 Å². The Morgan fingerprint density at radius 1 is 1.19 bits per heavy atom. The van der Waals surface area contributed by atoms with Gasteiger partial charge < -0.3 is 10.6 Å². The first-order valence-electron chi connectivity index (χ1n) is 8.41. The van der Waals surface area contributed by atoms with Gasteiger partial charge in [-0.1, -0.05) is 29.8 Å². The standard InChI is InChI=1S/C19H20ClN5O2/c1-12(18(26)23-16-10-9-14(20)11-21-16)22-17-13(2)24(3)25(19(17)27)15-7-5-4-6-8-15/h4-12,22H,1-3H3,(H,21,23,26). The van der Waals surface area contributed by atoms with Gasteiger partial charge in [0.15, 0.2) is 0 Å². The largest absolute Gasteiger partial charge is 0.368 e. The summed E-state index contributed by atoms with van der Waals surface area (Å²) in [7, 11) is 1.80. The number of nitrogens with one attached hydrogen (secondary N) is 2. The molecule has 0 spiro atoms. The summed E-state index contributed by atoms with van der Waals surface area (Å²) in [6.45, 7) is 3.51. The van der Waals surface area contributed by atoms with Crippen molar-refractivity contribution in [2.75, 3.05) is 10.6 Å². The van der Waals surface area contributed by atoms with Crippen molar-refractivity contribution in [2.45, 2.75) is 19.9 Å². The zero-order chi connectivity index (χ0) is 19.6. The summed E-state index contributed by atoms with van der Waals surface area (Å²) in [5.41, 5.74) is 1.65. The minimum Gasteiger partial charge on any atom is -0.368 e. The van der Waals surface area contributed by atoms with Crippen molar-refractivity contribution in [3.8, 4) is 5.69 Å². The van der Waals surface area contributed by atoms with E-state index in [0.29, 0.717) is 16.5 Å². The lowest BCUT2D eigenvalue weighted by Crippen LogP contribution is -2.34. The van der Waals surface area contributed by atoms with E-state index in [1.54, 1.807) is 35.5 Å². The summed E-state index contributed by atoms with van der Waals surface area (Å²) in [6.07, 6.45) is 1.45. The number of benzene rings is 1. The molecule has 0 saturated carbocycles. The number of anilines is 2. The van der Waals surface area contributed by atoms with Crippen LogP contribution in [0.25, 0.3) is 5.69 Å². The van der Waals surface area contributed by atoms with Gasteiger partial charge in [0.25, 0.3) is 5.56 Å². The molecule has 1 aromatic carbocycles. The Hall–Kier alpha value is -3.06. The van der Waals surface area contributed by atoms with E-state index in [1.165, 1.54) is 6.20 Å². The lowest BCUT2D eigenvalue weighted by molar-refractivity contribution is -0.116. The summed E-state index contributed by atoms with van der Waals surface area (Å²) in [6, 6.07) is 11.9. The van der Waals surface area contributed by atoms with E-state index < -0.39 is 6.04 Å². The van der Waals surface area contributed by atoms with Crippen LogP contribution in [0.1, 0.15) is 12.6 Å². The number of hydrogen-bond acceptors (Lipinski definition) is 4. The predicted molar refractivity (Wildman–Crippen MR) is 107 cm³/mol. The summed E-state index contributed by atoms with van der Waals surface area (Å²) in [4.78, 5) is 29.3. The Bertz CT molecular complexity index is 1010. The van der Waals surface area contributed by atoms with Gasteiger partial charge in [0.1, 0.15) is 17.5 Å². The Kier molecular flexibility index (Phi) is 5.32. The van der Waals surface area contributed by atoms with Gasteiger partial charge in [0.05, 0.1) is 16.4 Å².